The lowest BCUT2D eigenvalue weighted by atomic mass is 10.0. The molecule has 1 aliphatic rings. The van der Waals surface area contributed by atoms with Crippen LogP contribution in [0, 0.1) is 0 Å². The highest BCUT2D eigenvalue weighted by atomic mass is 16.5. The molecule has 1 aliphatic heterocycles. The van der Waals surface area contributed by atoms with Gasteiger partial charge in [0.05, 0.1) is 5.92 Å². The molecule has 5 heteroatoms. The molecule has 2 heterocycles. The average Bonchev–Trinajstić information content (AvgIpc) is 3.36. The number of carbonyl (C=O) groups excluding carboxylic acids is 1. The van der Waals surface area contributed by atoms with Crippen LogP contribution in [0.4, 0.5) is 0 Å². The van der Waals surface area contributed by atoms with Gasteiger partial charge in [0, 0.05) is 25.1 Å². The van der Waals surface area contributed by atoms with Gasteiger partial charge in [-0.1, -0.05) is 74.5 Å². The second kappa shape index (κ2) is 8.19. The van der Waals surface area contributed by atoms with Crippen LogP contribution in [-0.2, 0) is 17.8 Å². The Hall–Kier alpha value is -2.95. The minimum Gasteiger partial charge on any atom is -0.339 e. The summed E-state index contributed by atoms with van der Waals surface area (Å²) in [7, 11) is 0. The molecule has 0 aliphatic carbocycles. The summed E-state index contributed by atoms with van der Waals surface area (Å²) in [5.74, 6) is 1.70. The molecule has 0 radical (unpaired) electrons. The molecule has 5 nitrogen and oxygen atoms in total. The van der Waals surface area contributed by atoms with Gasteiger partial charge < -0.3 is 9.42 Å². The van der Waals surface area contributed by atoms with Gasteiger partial charge in [0.15, 0.2) is 0 Å². The Morgan fingerprint density at radius 3 is 2.41 bits per heavy atom. The Morgan fingerprint density at radius 2 is 1.76 bits per heavy atom. The number of amides is 1. The van der Waals surface area contributed by atoms with Gasteiger partial charge >= 0.3 is 0 Å². The maximum Gasteiger partial charge on any atom is 0.232 e. The van der Waals surface area contributed by atoms with Crippen molar-refractivity contribution >= 4 is 5.91 Å². The molecule has 3 aromatic rings. The summed E-state index contributed by atoms with van der Waals surface area (Å²) >= 11 is 0. The Kier molecular flexibility index (Phi) is 5.47. The van der Waals surface area contributed by atoms with E-state index in [4.69, 9.17) is 4.52 Å². The van der Waals surface area contributed by atoms with E-state index in [1.165, 1.54) is 11.1 Å². The van der Waals surface area contributed by atoms with E-state index >= 15 is 0 Å². The van der Waals surface area contributed by atoms with Crippen molar-refractivity contribution in [3.05, 3.63) is 71.1 Å². The standard InChI is InChI=1S/C24H27N3O2/c1-4-17-5-7-18(8-6-17)14-27-15-21(13-22(27)28)24-25-23(26-29-24)20-11-9-19(10-12-20)16(2)3/h5-12,16,21H,4,13-15H2,1-3H3. The van der Waals surface area contributed by atoms with Crippen LogP contribution >= 0.6 is 0 Å². The van der Waals surface area contributed by atoms with Crippen LogP contribution in [0.3, 0.4) is 0 Å². The van der Waals surface area contributed by atoms with Crippen molar-refractivity contribution in [3.63, 3.8) is 0 Å². The molecule has 0 saturated carbocycles. The van der Waals surface area contributed by atoms with Crippen molar-refractivity contribution in [2.45, 2.75) is 52.0 Å². The van der Waals surface area contributed by atoms with Gasteiger partial charge in [-0.05, 0) is 29.0 Å². The zero-order valence-electron chi connectivity index (χ0n) is 17.3. The van der Waals surface area contributed by atoms with E-state index in [1.54, 1.807) is 0 Å². The van der Waals surface area contributed by atoms with Crippen molar-refractivity contribution in [3.8, 4) is 11.4 Å². The summed E-state index contributed by atoms with van der Waals surface area (Å²) in [6, 6.07) is 16.7. The lowest BCUT2D eigenvalue weighted by Crippen LogP contribution is -2.24. The van der Waals surface area contributed by atoms with Gasteiger partial charge in [-0.3, -0.25) is 4.79 Å². The van der Waals surface area contributed by atoms with Crippen LogP contribution in [0.15, 0.2) is 53.1 Å². The quantitative estimate of drug-likeness (QED) is 0.599. The first kappa shape index (κ1) is 19.4. The molecule has 1 amide bonds. The third-order valence-corrected chi connectivity index (χ3v) is 5.65. The van der Waals surface area contributed by atoms with E-state index in [2.05, 4.69) is 67.3 Å². The normalized spacial score (nSPS) is 16.8. The van der Waals surface area contributed by atoms with Crippen LogP contribution in [0.2, 0.25) is 0 Å². The van der Waals surface area contributed by atoms with E-state index in [0.29, 0.717) is 37.1 Å². The number of carbonyl (C=O) groups is 1. The van der Waals surface area contributed by atoms with Crippen LogP contribution in [0.5, 0.6) is 0 Å². The Morgan fingerprint density at radius 1 is 1.07 bits per heavy atom. The molecule has 0 bridgehead atoms. The van der Waals surface area contributed by atoms with E-state index in [-0.39, 0.29) is 11.8 Å². The first-order valence-corrected chi connectivity index (χ1v) is 10.3. The molecule has 2 aromatic carbocycles. The second-order valence-electron chi connectivity index (χ2n) is 8.08. The van der Waals surface area contributed by atoms with E-state index < -0.39 is 0 Å². The monoisotopic (exact) mass is 389 g/mol. The number of likely N-dealkylation sites (tertiary alicyclic amines) is 1. The molecular weight excluding hydrogens is 362 g/mol. The maximum absolute atomic E-state index is 12.5. The summed E-state index contributed by atoms with van der Waals surface area (Å²) in [5.41, 5.74) is 4.66. The van der Waals surface area contributed by atoms with Gasteiger partial charge in [-0.15, -0.1) is 0 Å². The molecule has 150 valence electrons. The smallest absolute Gasteiger partial charge is 0.232 e. The zero-order valence-corrected chi connectivity index (χ0v) is 17.3. The summed E-state index contributed by atoms with van der Waals surface area (Å²) in [4.78, 5) is 19.0. The summed E-state index contributed by atoms with van der Waals surface area (Å²) in [5, 5.41) is 4.14. The van der Waals surface area contributed by atoms with Crippen molar-refractivity contribution < 1.29 is 9.32 Å². The zero-order chi connectivity index (χ0) is 20.4. The predicted molar refractivity (Wildman–Crippen MR) is 112 cm³/mol. The number of nitrogens with zero attached hydrogens (tertiary/aromatic N) is 3. The molecule has 1 saturated heterocycles. The fourth-order valence-electron chi connectivity index (χ4n) is 3.73. The molecule has 1 aromatic heterocycles. The highest BCUT2D eigenvalue weighted by Gasteiger charge is 2.34. The van der Waals surface area contributed by atoms with Gasteiger partial charge in [0.1, 0.15) is 0 Å². The molecule has 4 rings (SSSR count). The van der Waals surface area contributed by atoms with Crippen molar-refractivity contribution in [1.29, 1.82) is 0 Å². The van der Waals surface area contributed by atoms with E-state index in [1.807, 2.05) is 17.0 Å². The number of rotatable bonds is 6. The summed E-state index contributed by atoms with van der Waals surface area (Å²) in [6.45, 7) is 7.71. The van der Waals surface area contributed by atoms with Crippen molar-refractivity contribution in [2.75, 3.05) is 6.54 Å². The molecule has 0 N–H and O–H groups in total. The fraction of sp³-hybridized carbons (Fsp3) is 0.375. The highest BCUT2D eigenvalue weighted by Crippen LogP contribution is 2.30. The maximum atomic E-state index is 12.5. The fourth-order valence-corrected chi connectivity index (χ4v) is 3.73. The lowest BCUT2D eigenvalue weighted by molar-refractivity contribution is -0.128. The third kappa shape index (κ3) is 4.24. The van der Waals surface area contributed by atoms with Crippen LogP contribution in [-0.4, -0.2) is 27.5 Å². The predicted octanol–water partition coefficient (Wildman–Crippen LogP) is 4.94. The van der Waals surface area contributed by atoms with Gasteiger partial charge in [-0.25, -0.2) is 0 Å². The Bertz CT molecular complexity index is 974. The van der Waals surface area contributed by atoms with E-state index in [9.17, 15) is 4.79 Å². The topological polar surface area (TPSA) is 59.2 Å². The molecule has 0 spiro atoms. The molecule has 1 fully saturated rings. The van der Waals surface area contributed by atoms with Gasteiger partial charge in [0.25, 0.3) is 0 Å². The average molecular weight is 389 g/mol. The van der Waals surface area contributed by atoms with Crippen LogP contribution in [0.25, 0.3) is 11.4 Å². The van der Waals surface area contributed by atoms with E-state index in [0.717, 1.165) is 17.5 Å². The van der Waals surface area contributed by atoms with Crippen LogP contribution < -0.4 is 0 Å². The number of aromatic nitrogens is 2. The first-order chi connectivity index (χ1) is 14.0. The second-order valence-corrected chi connectivity index (χ2v) is 8.08. The number of benzene rings is 2. The largest absolute Gasteiger partial charge is 0.339 e. The summed E-state index contributed by atoms with van der Waals surface area (Å²) < 4.78 is 5.52. The summed E-state index contributed by atoms with van der Waals surface area (Å²) in [6.07, 6.45) is 1.44. The van der Waals surface area contributed by atoms with Crippen LogP contribution in [0.1, 0.15) is 61.6 Å². The SMILES string of the molecule is CCc1ccc(CN2CC(c3nc(-c4ccc(C(C)C)cc4)no3)CC2=O)cc1. The minimum atomic E-state index is -0.0476. The number of aryl methyl sites for hydroxylation is 1. The molecule has 1 unspecified atom stereocenters. The molecule has 1 atom stereocenters. The minimum absolute atomic E-state index is 0.0476. The molecule has 29 heavy (non-hydrogen) atoms. The van der Waals surface area contributed by atoms with Crippen molar-refractivity contribution in [1.82, 2.24) is 15.0 Å². The Balaban J connectivity index is 1.43. The number of hydrogen-bond donors (Lipinski definition) is 0. The van der Waals surface area contributed by atoms with Crippen molar-refractivity contribution in [2.24, 2.45) is 0 Å². The van der Waals surface area contributed by atoms with Gasteiger partial charge in [0.2, 0.25) is 17.6 Å². The first-order valence-electron chi connectivity index (χ1n) is 10.3. The van der Waals surface area contributed by atoms with Gasteiger partial charge in [-0.2, -0.15) is 4.98 Å². The molecular formula is C24H27N3O2. The highest BCUT2D eigenvalue weighted by molar-refractivity contribution is 5.79. The lowest BCUT2D eigenvalue weighted by Gasteiger charge is -2.16. The number of hydrogen-bond acceptors (Lipinski definition) is 4. The Labute approximate surface area is 171 Å². The third-order valence-electron chi connectivity index (χ3n) is 5.65.